The lowest BCUT2D eigenvalue weighted by molar-refractivity contribution is 0.171. The molecular formula is C16H17NO3. The Kier molecular flexibility index (Phi) is 3.37. The van der Waals surface area contributed by atoms with Gasteiger partial charge in [-0.3, -0.25) is 0 Å². The van der Waals surface area contributed by atoms with Gasteiger partial charge in [0.05, 0.1) is 7.11 Å². The van der Waals surface area contributed by atoms with Crippen LogP contribution < -0.4 is 19.5 Å². The zero-order valence-electron chi connectivity index (χ0n) is 11.6. The fraction of sp³-hybridized carbons (Fsp3) is 0.250. The molecule has 0 aromatic heterocycles. The van der Waals surface area contributed by atoms with Crippen LogP contribution in [-0.2, 0) is 6.54 Å². The molecule has 0 radical (unpaired) electrons. The Balaban J connectivity index is 1.78. The van der Waals surface area contributed by atoms with Crippen molar-refractivity contribution in [3.05, 3.63) is 47.5 Å². The van der Waals surface area contributed by atoms with Crippen LogP contribution in [-0.4, -0.2) is 13.9 Å². The number of aryl methyl sites for hydroxylation is 1. The third-order valence-corrected chi connectivity index (χ3v) is 3.23. The Morgan fingerprint density at radius 1 is 1.20 bits per heavy atom. The number of methoxy groups -OCH3 is 1. The van der Waals surface area contributed by atoms with Crippen LogP contribution in [0.2, 0.25) is 0 Å². The fourth-order valence-corrected chi connectivity index (χ4v) is 2.25. The van der Waals surface area contributed by atoms with Crippen molar-refractivity contribution in [2.45, 2.75) is 13.5 Å². The van der Waals surface area contributed by atoms with Crippen molar-refractivity contribution in [3.8, 4) is 17.2 Å². The topological polar surface area (TPSA) is 39.7 Å². The third kappa shape index (κ3) is 2.50. The van der Waals surface area contributed by atoms with Crippen molar-refractivity contribution in [2.24, 2.45) is 0 Å². The van der Waals surface area contributed by atoms with Gasteiger partial charge < -0.3 is 19.5 Å². The molecule has 0 unspecified atom stereocenters. The summed E-state index contributed by atoms with van der Waals surface area (Å²) in [7, 11) is 1.63. The van der Waals surface area contributed by atoms with Gasteiger partial charge in [0.1, 0.15) is 0 Å². The number of benzene rings is 2. The molecule has 1 aliphatic rings. The van der Waals surface area contributed by atoms with E-state index in [4.69, 9.17) is 14.2 Å². The minimum Gasteiger partial charge on any atom is -0.493 e. The molecule has 0 bridgehead atoms. The monoisotopic (exact) mass is 271 g/mol. The molecule has 1 N–H and O–H groups in total. The Hall–Kier alpha value is -2.36. The maximum Gasteiger partial charge on any atom is 0.231 e. The first-order chi connectivity index (χ1) is 9.76. The molecule has 0 fully saturated rings. The second kappa shape index (κ2) is 5.33. The molecule has 2 aromatic carbocycles. The summed E-state index contributed by atoms with van der Waals surface area (Å²) >= 11 is 0. The molecule has 0 saturated carbocycles. The van der Waals surface area contributed by atoms with Crippen molar-refractivity contribution in [3.63, 3.8) is 0 Å². The van der Waals surface area contributed by atoms with Crippen LogP contribution in [0.3, 0.4) is 0 Å². The fourth-order valence-electron chi connectivity index (χ4n) is 2.25. The Bertz CT molecular complexity index is 625. The van der Waals surface area contributed by atoms with Crippen LogP contribution in [0.4, 0.5) is 5.69 Å². The highest BCUT2D eigenvalue weighted by Crippen LogP contribution is 2.41. The molecule has 104 valence electrons. The molecule has 0 amide bonds. The summed E-state index contributed by atoms with van der Waals surface area (Å²) in [5, 5.41) is 3.39. The largest absolute Gasteiger partial charge is 0.493 e. The summed E-state index contributed by atoms with van der Waals surface area (Å²) < 4.78 is 16.1. The van der Waals surface area contributed by atoms with Crippen LogP contribution in [0.15, 0.2) is 36.4 Å². The lowest BCUT2D eigenvalue weighted by Crippen LogP contribution is -2.00. The summed E-state index contributed by atoms with van der Waals surface area (Å²) in [5.41, 5.74) is 3.42. The molecule has 1 heterocycles. The van der Waals surface area contributed by atoms with Gasteiger partial charge in [-0.15, -0.1) is 0 Å². The predicted molar refractivity (Wildman–Crippen MR) is 77.6 cm³/mol. The van der Waals surface area contributed by atoms with E-state index in [2.05, 4.69) is 30.4 Å². The Morgan fingerprint density at radius 3 is 2.90 bits per heavy atom. The molecule has 0 spiro atoms. The van der Waals surface area contributed by atoms with Crippen molar-refractivity contribution in [1.29, 1.82) is 0 Å². The second-order valence-electron chi connectivity index (χ2n) is 4.75. The molecule has 2 aromatic rings. The number of anilines is 1. The van der Waals surface area contributed by atoms with E-state index in [1.54, 1.807) is 7.11 Å². The zero-order valence-corrected chi connectivity index (χ0v) is 11.6. The standard InChI is InChI=1S/C16H17NO3/c1-11-4-3-5-13(6-11)17-9-12-7-14(18-2)16-15(8-12)19-10-20-16/h3-8,17H,9-10H2,1-2H3. The molecule has 20 heavy (non-hydrogen) atoms. The molecule has 1 aliphatic heterocycles. The number of fused-ring (bicyclic) bond motifs is 1. The van der Waals surface area contributed by atoms with E-state index in [1.807, 2.05) is 18.2 Å². The zero-order chi connectivity index (χ0) is 13.9. The minimum absolute atomic E-state index is 0.250. The quantitative estimate of drug-likeness (QED) is 0.925. The van der Waals surface area contributed by atoms with Gasteiger partial charge in [0.25, 0.3) is 0 Å². The van der Waals surface area contributed by atoms with Gasteiger partial charge >= 0.3 is 0 Å². The predicted octanol–water partition coefficient (Wildman–Crippen LogP) is 3.34. The average molecular weight is 271 g/mol. The van der Waals surface area contributed by atoms with Crippen molar-refractivity contribution in [1.82, 2.24) is 0 Å². The maximum absolute atomic E-state index is 5.42. The second-order valence-corrected chi connectivity index (χ2v) is 4.75. The highest BCUT2D eigenvalue weighted by Gasteiger charge is 2.19. The van der Waals surface area contributed by atoms with Crippen LogP contribution >= 0.6 is 0 Å². The summed E-state index contributed by atoms with van der Waals surface area (Å²) in [6, 6.07) is 12.2. The highest BCUT2D eigenvalue weighted by atomic mass is 16.7. The number of hydrogen-bond acceptors (Lipinski definition) is 4. The van der Waals surface area contributed by atoms with Gasteiger partial charge in [-0.2, -0.15) is 0 Å². The van der Waals surface area contributed by atoms with Crippen LogP contribution in [0.5, 0.6) is 17.2 Å². The van der Waals surface area contributed by atoms with E-state index >= 15 is 0 Å². The van der Waals surface area contributed by atoms with E-state index in [1.165, 1.54) is 5.56 Å². The van der Waals surface area contributed by atoms with Crippen molar-refractivity contribution in [2.75, 3.05) is 19.2 Å². The summed E-state index contributed by atoms with van der Waals surface area (Å²) in [5.74, 6) is 2.14. The normalized spacial score (nSPS) is 12.3. The van der Waals surface area contributed by atoms with Gasteiger partial charge in [0, 0.05) is 12.2 Å². The minimum atomic E-state index is 0.250. The van der Waals surface area contributed by atoms with Gasteiger partial charge in [0.15, 0.2) is 11.5 Å². The smallest absolute Gasteiger partial charge is 0.231 e. The van der Waals surface area contributed by atoms with Crippen LogP contribution in [0, 0.1) is 6.92 Å². The maximum atomic E-state index is 5.42. The molecule has 4 heteroatoms. The number of ether oxygens (including phenoxy) is 3. The summed E-state index contributed by atoms with van der Waals surface area (Å²) in [4.78, 5) is 0. The average Bonchev–Trinajstić information content (AvgIpc) is 2.92. The number of hydrogen-bond donors (Lipinski definition) is 1. The van der Waals surface area contributed by atoms with E-state index in [0.29, 0.717) is 18.0 Å². The Labute approximate surface area is 118 Å². The lowest BCUT2D eigenvalue weighted by atomic mass is 10.1. The molecule has 0 saturated heterocycles. The van der Waals surface area contributed by atoms with E-state index < -0.39 is 0 Å². The van der Waals surface area contributed by atoms with Crippen molar-refractivity contribution < 1.29 is 14.2 Å². The summed E-state index contributed by atoms with van der Waals surface area (Å²) in [6.07, 6.45) is 0. The van der Waals surface area contributed by atoms with Gasteiger partial charge in [0.2, 0.25) is 12.5 Å². The SMILES string of the molecule is COc1cc(CNc2cccc(C)c2)cc2c1OCO2. The molecule has 3 rings (SSSR count). The first-order valence-electron chi connectivity index (χ1n) is 6.53. The van der Waals surface area contributed by atoms with E-state index in [0.717, 1.165) is 17.0 Å². The number of rotatable bonds is 4. The first-order valence-corrected chi connectivity index (χ1v) is 6.53. The van der Waals surface area contributed by atoms with Crippen LogP contribution in [0.1, 0.15) is 11.1 Å². The van der Waals surface area contributed by atoms with Gasteiger partial charge in [-0.1, -0.05) is 12.1 Å². The molecule has 4 nitrogen and oxygen atoms in total. The Morgan fingerprint density at radius 2 is 2.10 bits per heavy atom. The van der Waals surface area contributed by atoms with Crippen molar-refractivity contribution >= 4 is 5.69 Å². The van der Waals surface area contributed by atoms with E-state index in [9.17, 15) is 0 Å². The molecule has 0 aliphatic carbocycles. The van der Waals surface area contributed by atoms with Gasteiger partial charge in [-0.25, -0.2) is 0 Å². The van der Waals surface area contributed by atoms with Crippen LogP contribution in [0.25, 0.3) is 0 Å². The number of nitrogens with one attached hydrogen (secondary N) is 1. The third-order valence-electron chi connectivity index (χ3n) is 3.23. The highest BCUT2D eigenvalue weighted by molar-refractivity contribution is 5.56. The van der Waals surface area contributed by atoms with E-state index in [-0.39, 0.29) is 6.79 Å². The first kappa shape index (κ1) is 12.7. The summed E-state index contributed by atoms with van der Waals surface area (Å²) in [6.45, 7) is 3.03. The molecular weight excluding hydrogens is 254 g/mol. The lowest BCUT2D eigenvalue weighted by Gasteiger charge is -2.10. The molecule has 0 atom stereocenters. The van der Waals surface area contributed by atoms with Gasteiger partial charge in [-0.05, 0) is 42.3 Å².